The van der Waals surface area contributed by atoms with Crippen LogP contribution in [0, 0.1) is 13.8 Å². The maximum atomic E-state index is 10.8. The Kier molecular flexibility index (Phi) is 5.61. The predicted octanol–water partition coefficient (Wildman–Crippen LogP) is 2.93. The highest BCUT2D eigenvalue weighted by Gasteiger charge is 2.18. The number of methoxy groups -OCH3 is 1. The second-order valence-electron chi connectivity index (χ2n) is 7.06. The highest BCUT2D eigenvalue weighted by Crippen LogP contribution is 2.25. The van der Waals surface area contributed by atoms with Crippen molar-refractivity contribution in [3.63, 3.8) is 0 Å². The highest BCUT2D eigenvalue weighted by molar-refractivity contribution is 5.66. The molecule has 0 bridgehead atoms. The quantitative estimate of drug-likeness (QED) is 0.861. The molecule has 1 aliphatic heterocycles. The summed E-state index contributed by atoms with van der Waals surface area (Å²) < 4.78 is 7.46. The molecule has 2 aromatic rings. The van der Waals surface area contributed by atoms with Crippen LogP contribution in [0.25, 0.3) is 0 Å². The fourth-order valence-corrected chi connectivity index (χ4v) is 3.56. The van der Waals surface area contributed by atoms with Crippen LogP contribution in [0.1, 0.15) is 40.9 Å². The van der Waals surface area contributed by atoms with Gasteiger partial charge in [-0.1, -0.05) is 6.07 Å². The van der Waals surface area contributed by atoms with Gasteiger partial charge in [0.15, 0.2) is 0 Å². The van der Waals surface area contributed by atoms with Gasteiger partial charge in [0.1, 0.15) is 5.75 Å². The van der Waals surface area contributed by atoms with Crippen LogP contribution in [-0.4, -0.2) is 39.4 Å². The smallest absolute Gasteiger partial charge is 0.303 e. The van der Waals surface area contributed by atoms with E-state index in [9.17, 15) is 4.79 Å². The molecule has 6 heteroatoms. The lowest BCUT2D eigenvalue weighted by atomic mass is 10.0. The monoisotopic (exact) mass is 357 g/mol. The SMILES string of the molecule is COc1cc(C)c(CN2CCCn3nc(CCC(=O)O)cc3C2)cc1C. The van der Waals surface area contributed by atoms with Crippen molar-refractivity contribution >= 4 is 5.97 Å². The Morgan fingerprint density at radius 1 is 1.23 bits per heavy atom. The first kappa shape index (κ1) is 18.5. The number of carboxylic acids is 1. The third-order valence-corrected chi connectivity index (χ3v) is 4.99. The summed E-state index contributed by atoms with van der Waals surface area (Å²) in [4.78, 5) is 13.2. The first-order valence-corrected chi connectivity index (χ1v) is 9.10. The molecule has 1 aromatic heterocycles. The van der Waals surface area contributed by atoms with Crippen molar-refractivity contribution in [3.8, 4) is 5.75 Å². The zero-order chi connectivity index (χ0) is 18.7. The zero-order valence-corrected chi connectivity index (χ0v) is 15.8. The van der Waals surface area contributed by atoms with Crippen LogP contribution in [0.15, 0.2) is 18.2 Å². The van der Waals surface area contributed by atoms with Gasteiger partial charge in [-0.3, -0.25) is 14.4 Å². The highest BCUT2D eigenvalue weighted by atomic mass is 16.5. The number of hydrogen-bond acceptors (Lipinski definition) is 4. The Balaban J connectivity index is 1.73. The summed E-state index contributed by atoms with van der Waals surface area (Å²) >= 11 is 0. The number of rotatable bonds is 6. The predicted molar refractivity (Wildman–Crippen MR) is 99.4 cm³/mol. The van der Waals surface area contributed by atoms with Gasteiger partial charge in [0.2, 0.25) is 0 Å². The normalized spacial score (nSPS) is 14.7. The van der Waals surface area contributed by atoms with Gasteiger partial charge >= 0.3 is 5.97 Å². The lowest BCUT2D eigenvalue weighted by Gasteiger charge is -2.21. The molecule has 1 aliphatic rings. The fraction of sp³-hybridized carbons (Fsp3) is 0.500. The molecule has 1 N–H and O–H groups in total. The Morgan fingerprint density at radius 2 is 2.04 bits per heavy atom. The van der Waals surface area contributed by atoms with E-state index in [1.54, 1.807) is 7.11 Å². The standard InChI is InChI=1S/C20H27N3O3/c1-14-10-19(26-3)15(2)9-16(14)12-22-7-4-8-23-18(13-22)11-17(21-23)5-6-20(24)25/h9-11H,4-8,12-13H2,1-3H3,(H,24,25). The summed E-state index contributed by atoms with van der Waals surface area (Å²) in [5, 5.41) is 13.5. The van der Waals surface area contributed by atoms with Crippen LogP contribution in [0.3, 0.4) is 0 Å². The fourth-order valence-electron chi connectivity index (χ4n) is 3.56. The Bertz CT molecular complexity index is 798. The zero-order valence-electron chi connectivity index (χ0n) is 15.8. The number of aryl methyl sites for hydroxylation is 4. The summed E-state index contributed by atoms with van der Waals surface area (Å²) in [7, 11) is 1.71. The van der Waals surface area contributed by atoms with Gasteiger partial charge in [-0.2, -0.15) is 5.10 Å². The van der Waals surface area contributed by atoms with E-state index in [0.29, 0.717) is 6.42 Å². The van der Waals surface area contributed by atoms with Crippen LogP contribution < -0.4 is 4.74 Å². The average Bonchev–Trinajstić information content (AvgIpc) is 2.88. The maximum Gasteiger partial charge on any atom is 0.303 e. The van der Waals surface area contributed by atoms with Crippen LogP contribution in [0.4, 0.5) is 0 Å². The minimum atomic E-state index is -0.778. The average molecular weight is 357 g/mol. The number of carboxylic acid groups (broad SMARTS) is 1. The molecule has 2 heterocycles. The molecule has 0 radical (unpaired) electrons. The Morgan fingerprint density at radius 3 is 2.77 bits per heavy atom. The molecule has 0 aliphatic carbocycles. The van der Waals surface area contributed by atoms with Crippen molar-refractivity contribution in [1.82, 2.24) is 14.7 Å². The summed E-state index contributed by atoms with van der Waals surface area (Å²) in [5.41, 5.74) is 5.77. The molecular formula is C20H27N3O3. The van der Waals surface area contributed by atoms with E-state index in [-0.39, 0.29) is 6.42 Å². The van der Waals surface area contributed by atoms with Crippen molar-refractivity contribution in [2.45, 2.75) is 52.7 Å². The van der Waals surface area contributed by atoms with Crippen molar-refractivity contribution in [2.75, 3.05) is 13.7 Å². The molecule has 0 saturated carbocycles. The number of hydrogen-bond donors (Lipinski definition) is 1. The first-order chi connectivity index (χ1) is 12.5. The number of ether oxygens (including phenoxy) is 1. The number of aliphatic carboxylic acids is 1. The van der Waals surface area contributed by atoms with Crippen molar-refractivity contribution in [3.05, 3.63) is 46.3 Å². The van der Waals surface area contributed by atoms with Gasteiger partial charge in [-0.25, -0.2) is 0 Å². The Hall–Kier alpha value is -2.34. The molecule has 26 heavy (non-hydrogen) atoms. The number of benzene rings is 1. The van der Waals surface area contributed by atoms with Crippen LogP contribution in [0.2, 0.25) is 0 Å². The summed E-state index contributed by atoms with van der Waals surface area (Å²) in [6, 6.07) is 6.39. The summed E-state index contributed by atoms with van der Waals surface area (Å²) in [5.74, 6) is 0.156. The molecule has 1 aromatic carbocycles. The lowest BCUT2D eigenvalue weighted by Crippen LogP contribution is -2.23. The number of carbonyl (C=O) groups is 1. The van der Waals surface area contributed by atoms with Gasteiger partial charge in [0.25, 0.3) is 0 Å². The van der Waals surface area contributed by atoms with E-state index in [0.717, 1.165) is 49.6 Å². The summed E-state index contributed by atoms with van der Waals surface area (Å²) in [6.07, 6.45) is 1.66. The molecule has 0 atom stereocenters. The summed E-state index contributed by atoms with van der Waals surface area (Å²) in [6.45, 7) is 7.85. The molecule has 6 nitrogen and oxygen atoms in total. The van der Waals surface area contributed by atoms with Gasteiger partial charge in [0.05, 0.1) is 24.9 Å². The lowest BCUT2D eigenvalue weighted by molar-refractivity contribution is -0.136. The van der Waals surface area contributed by atoms with E-state index in [4.69, 9.17) is 9.84 Å². The number of aromatic nitrogens is 2. The van der Waals surface area contributed by atoms with Crippen LogP contribution >= 0.6 is 0 Å². The van der Waals surface area contributed by atoms with Gasteiger partial charge in [-0.15, -0.1) is 0 Å². The van der Waals surface area contributed by atoms with Gasteiger partial charge in [-0.05, 0) is 49.1 Å². The third kappa shape index (κ3) is 4.25. The Labute approximate surface area is 154 Å². The van der Waals surface area contributed by atoms with E-state index in [2.05, 4.69) is 42.0 Å². The first-order valence-electron chi connectivity index (χ1n) is 9.10. The van der Waals surface area contributed by atoms with Crippen LogP contribution in [0.5, 0.6) is 5.75 Å². The second-order valence-corrected chi connectivity index (χ2v) is 7.06. The minimum Gasteiger partial charge on any atom is -0.496 e. The molecule has 140 valence electrons. The topological polar surface area (TPSA) is 67.6 Å². The van der Waals surface area contributed by atoms with E-state index < -0.39 is 5.97 Å². The molecule has 3 rings (SSSR count). The molecule has 0 amide bonds. The second kappa shape index (κ2) is 7.91. The van der Waals surface area contributed by atoms with Crippen molar-refractivity contribution in [2.24, 2.45) is 0 Å². The minimum absolute atomic E-state index is 0.129. The largest absolute Gasteiger partial charge is 0.496 e. The van der Waals surface area contributed by atoms with Gasteiger partial charge in [0, 0.05) is 32.6 Å². The number of nitrogens with zero attached hydrogens (tertiary/aromatic N) is 3. The molecule has 0 fully saturated rings. The van der Waals surface area contributed by atoms with E-state index in [1.165, 1.54) is 16.8 Å². The molecule has 0 spiro atoms. The molecular weight excluding hydrogens is 330 g/mol. The molecule has 0 saturated heterocycles. The third-order valence-electron chi connectivity index (χ3n) is 4.99. The van der Waals surface area contributed by atoms with E-state index >= 15 is 0 Å². The number of fused-ring (bicyclic) bond motifs is 1. The van der Waals surface area contributed by atoms with Crippen molar-refractivity contribution in [1.29, 1.82) is 0 Å². The molecule has 0 unspecified atom stereocenters. The van der Waals surface area contributed by atoms with Crippen LogP contribution in [-0.2, 0) is 30.8 Å². The van der Waals surface area contributed by atoms with Crippen molar-refractivity contribution < 1.29 is 14.6 Å². The van der Waals surface area contributed by atoms with Gasteiger partial charge < -0.3 is 9.84 Å². The maximum absolute atomic E-state index is 10.8. The van der Waals surface area contributed by atoms with E-state index in [1.807, 2.05) is 4.68 Å².